The second-order valence-electron chi connectivity index (χ2n) is 5.58. The van der Waals surface area contributed by atoms with E-state index < -0.39 is 0 Å². The normalized spacial score (nSPS) is 10.5. The van der Waals surface area contributed by atoms with E-state index in [9.17, 15) is 4.79 Å². The van der Waals surface area contributed by atoms with Gasteiger partial charge in [0.1, 0.15) is 5.69 Å². The minimum Gasteiger partial charge on any atom is -0.476 e. The first kappa shape index (κ1) is 18.4. The van der Waals surface area contributed by atoms with Gasteiger partial charge in [0.15, 0.2) is 0 Å². The number of rotatable bonds is 7. The lowest BCUT2D eigenvalue weighted by molar-refractivity contribution is 0.102. The van der Waals surface area contributed by atoms with Crippen molar-refractivity contribution in [2.45, 2.75) is 20.8 Å². The monoisotopic (exact) mass is 367 g/mol. The zero-order chi connectivity index (χ0) is 19.2. The summed E-state index contributed by atoms with van der Waals surface area (Å²) >= 11 is 0. The molecule has 2 heterocycles. The quantitative estimate of drug-likeness (QED) is 0.690. The SMILES string of the molecule is CCOc1ncc(NC(=O)c2cnn(-c3ccccc3)c2C)c(OCC)n1. The number of benzene rings is 1. The van der Waals surface area contributed by atoms with Crippen molar-refractivity contribution >= 4 is 11.6 Å². The van der Waals surface area contributed by atoms with Gasteiger partial charge in [-0.1, -0.05) is 18.2 Å². The van der Waals surface area contributed by atoms with Gasteiger partial charge in [-0.25, -0.2) is 9.67 Å². The number of hydrogen-bond acceptors (Lipinski definition) is 6. The summed E-state index contributed by atoms with van der Waals surface area (Å²) in [6, 6.07) is 9.82. The zero-order valence-corrected chi connectivity index (χ0v) is 15.5. The highest BCUT2D eigenvalue weighted by Gasteiger charge is 2.18. The lowest BCUT2D eigenvalue weighted by Crippen LogP contribution is -2.15. The van der Waals surface area contributed by atoms with Crippen LogP contribution in [0, 0.1) is 6.92 Å². The second-order valence-corrected chi connectivity index (χ2v) is 5.58. The average Bonchev–Trinajstić information content (AvgIpc) is 3.06. The van der Waals surface area contributed by atoms with Crippen LogP contribution in [-0.2, 0) is 0 Å². The van der Waals surface area contributed by atoms with Gasteiger partial charge in [-0.15, -0.1) is 0 Å². The summed E-state index contributed by atoms with van der Waals surface area (Å²) in [7, 11) is 0. The van der Waals surface area contributed by atoms with Crippen molar-refractivity contribution in [3.8, 4) is 17.6 Å². The topological polar surface area (TPSA) is 91.2 Å². The maximum atomic E-state index is 12.7. The van der Waals surface area contributed by atoms with Crippen LogP contribution >= 0.6 is 0 Å². The first-order chi connectivity index (χ1) is 13.1. The van der Waals surface area contributed by atoms with Crippen LogP contribution < -0.4 is 14.8 Å². The molecule has 1 N–H and O–H groups in total. The molecule has 0 radical (unpaired) electrons. The van der Waals surface area contributed by atoms with Crippen molar-refractivity contribution in [1.82, 2.24) is 19.7 Å². The molecule has 0 saturated carbocycles. The van der Waals surface area contributed by atoms with Crippen molar-refractivity contribution in [3.05, 3.63) is 54.0 Å². The third kappa shape index (κ3) is 4.05. The number of nitrogens with one attached hydrogen (secondary N) is 1. The van der Waals surface area contributed by atoms with Crippen molar-refractivity contribution in [3.63, 3.8) is 0 Å². The van der Waals surface area contributed by atoms with Gasteiger partial charge < -0.3 is 14.8 Å². The minimum atomic E-state index is -0.316. The van der Waals surface area contributed by atoms with Crippen LogP contribution in [0.4, 0.5) is 5.69 Å². The Kier molecular flexibility index (Phi) is 5.65. The third-order valence-electron chi connectivity index (χ3n) is 3.79. The number of carbonyl (C=O) groups is 1. The first-order valence-electron chi connectivity index (χ1n) is 8.68. The van der Waals surface area contributed by atoms with Crippen molar-refractivity contribution in [1.29, 1.82) is 0 Å². The Hall–Kier alpha value is -3.42. The molecule has 0 aliphatic rings. The van der Waals surface area contributed by atoms with E-state index in [-0.39, 0.29) is 17.8 Å². The molecule has 0 bridgehead atoms. The predicted octanol–water partition coefficient (Wildman–Crippen LogP) is 3.02. The molecule has 27 heavy (non-hydrogen) atoms. The number of hydrogen-bond donors (Lipinski definition) is 1. The van der Waals surface area contributed by atoms with E-state index in [0.29, 0.717) is 24.5 Å². The zero-order valence-electron chi connectivity index (χ0n) is 15.5. The molecular weight excluding hydrogens is 346 g/mol. The Morgan fingerprint density at radius 2 is 1.85 bits per heavy atom. The molecule has 0 fully saturated rings. The smallest absolute Gasteiger partial charge is 0.319 e. The van der Waals surface area contributed by atoms with Crippen molar-refractivity contribution < 1.29 is 14.3 Å². The fourth-order valence-corrected chi connectivity index (χ4v) is 2.53. The second kappa shape index (κ2) is 8.31. The molecule has 0 unspecified atom stereocenters. The van der Waals surface area contributed by atoms with Crippen LogP contribution in [0.5, 0.6) is 11.9 Å². The Labute approximate surface area is 157 Å². The lowest BCUT2D eigenvalue weighted by atomic mass is 10.2. The number of para-hydroxylation sites is 1. The van der Waals surface area contributed by atoms with Crippen LogP contribution in [0.15, 0.2) is 42.7 Å². The van der Waals surface area contributed by atoms with E-state index in [2.05, 4.69) is 20.4 Å². The highest BCUT2D eigenvalue weighted by molar-refractivity contribution is 6.05. The Bertz CT molecular complexity index is 924. The van der Waals surface area contributed by atoms with E-state index in [1.54, 1.807) is 4.68 Å². The summed E-state index contributed by atoms with van der Waals surface area (Å²) < 4.78 is 12.5. The van der Waals surface area contributed by atoms with Crippen LogP contribution in [0.1, 0.15) is 29.9 Å². The number of amides is 1. The molecule has 0 spiro atoms. The molecule has 1 aromatic carbocycles. The fourth-order valence-electron chi connectivity index (χ4n) is 2.53. The summed E-state index contributed by atoms with van der Waals surface area (Å²) in [4.78, 5) is 21.0. The average molecular weight is 367 g/mol. The maximum Gasteiger partial charge on any atom is 0.319 e. The van der Waals surface area contributed by atoms with E-state index in [1.165, 1.54) is 12.4 Å². The molecule has 3 rings (SSSR count). The van der Waals surface area contributed by atoms with E-state index in [1.807, 2.05) is 51.1 Å². The van der Waals surface area contributed by atoms with Gasteiger partial charge in [0.25, 0.3) is 5.91 Å². The van der Waals surface area contributed by atoms with Crippen LogP contribution in [0.3, 0.4) is 0 Å². The molecule has 0 aliphatic heterocycles. The Balaban J connectivity index is 1.85. The van der Waals surface area contributed by atoms with Crippen molar-refractivity contribution in [2.75, 3.05) is 18.5 Å². The molecular formula is C19H21N5O3. The molecule has 3 aromatic rings. The van der Waals surface area contributed by atoms with Crippen LogP contribution in [0.2, 0.25) is 0 Å². The lowest BCUT2D eigenvalue weighted by Gasteiger charge is -2.11. The Morgan fingerprint density at radius 3 is 2.56 bits per heavy atom. The Morgan fingerprint density at radius 1 is 1.11 bits per heavy atom. The molecule has 0 aliphatic carbocycles. The van der Waals surface area contributed by atoms with E-state index in [4.69, 9.17) is 9.47 Å². The standard InChI is InChI=1S/C19H21N5O3/c1-4-26-18-16(12-20-19(23-18)27-5-2)22-17(25)15-11-21-24(13(15)3)14-9-7-6-8-10-14/h6-12H,4-5H2,1-3H3,(H,22,25). The highest BCUT2D eigenvalue weighted by Crippen LogP contribution is 2.24. The number of carbonyl (C=O) groups excluding carboxylic acids is 1. The molecule has 0 saturated heterocycles. The number of ether oxygens (including phenoxy) is 2. The summed E-state index contributed by atoms with van der Waals surface area (Å²) in [5.41, 5.74) is 2.43. The molecule has 0 atom stereocenters. The maximum absolute atomic E-state index is 12.7. The van der Waals surface area contributed by atoms with Crippen LogP contribution in [-0.4, -0.2) is 38.9 Å². The summed E-state index contributed by atoms with van der Waals surface area (Å²) in [5, 5.41) is 7.11. The third-order valence-corrected chi connectivity index (χ3v) is 3.79. The van der Waals surface area contributed by atoms with Gasteiger partial charge in [0.05, 0.1) is 42.6 Å². The fraction of sp³-hybridized carbons (Fsp3) is 0.263. The largest absolute Gasteiger partial charge is 0.476 e. The molecule has 8 nitrogen and oxygen atoms in total. The van der Waals surface area contributed by atoms with Gasteiger partial charge in [0.2, 0.25) is 5.88 Å². The van der Waals surface area contributed by atoms with E-state index >= 15 is 0 Å². The molecule has 140 valence electrons. The van der Waals surface area contributed by atoms with Gasteiger partial charge >= 0.3 is 6.01 Å². The minimum absolute atomic E-state index is 0.201. The number of anilines is 1. The number of aromatic nitrogens is 4. The van der Waals surface area contributed by atoms with Gasteiger partial charge in [-0.2, -0.15) is 10.1 Å². The first-order valence-corrected chi connectivity index (χ1v) is 8.68. The predicted molar refractivity (Wildman–Crippen MR) is 101 cm³/mol. The van der Waals surface area contributed by atoms with Gasteiger partial charge in [0, 0.05) is 0 Å². The number of nitrogens with zero attached hydrogens (tertiary/aromatic N) is 4. The van der Waals surface area contributed by atoms with Crippen molar-refractivity contribution in [2.24, 2.45) is 0 Å². The molecule has 1 amide bonds. The van der Waals surface area contributed by atoms with E-state index in [0.717, 1.165) is 11.4 Å². The summed E-state index contributed by atoms with van der Waals surface area (Å²) in [5.74, 6) is -0.0548. The summed E-state index contributed by atoms with van der Waals surface area (Å²) in [6.07, 6.45) is 3.01. The van der Waals surface area contributed by atoms with Gasteiger partial charge in [-0.05, 0) is 32.9 Å². The molecule has 2 aromatic heterocycles. The highest BCUT2D eigenvalue weighted by atomic mass is 16.5. The van der Waals surface area contributed by atoms with Gasteiger partial charge in [-0.3, -0.25) is 4.79 Å². The van der Waals surface area contributed by atoms with Crippen LogP contribution in [0.25, 0.3) is 5.69 Å². The summed E-state index contributed by atoms with van der Waals surface area (Å²) in [6.45, 7) is 6.35. The molecule has 8 heteroatoms.